The molecule has 0 spiro atoms. The molecule has 62 heavy (non-hydrogen) atoms. The zero-order valence-electron chi connectivity index (χ0n) is 33.6. The van der Waals surface area contributed by atoms with Gasteiger partial charge in [0.25, 0.3) is 0 Å². The van der Waals surface area contributed by atoms with Crippen LogP contribution in [0, 0.1) is 0 Å². The Morgan fingerprint density at radius 1 is 0.242 bits per heavy atom. The van der Waals surface area contributed by atoms with E-state index in [9.17, 15) is 0 Å². The molecule has 0 fully saturated rings. The number of pyridine rings is 2. The lowest BCUT2D eigenvalue weighted by Crippen LogP contribution is -1.96. The number of rotatable bonds is 6. The van der Waals surface area contributed by atoms with Crippen molar-refractivity contribution in [1.29, 1.82) is 0 Å². The lowest BCUT2D eigenvalue weighted by Gasteiger charge is -2.13. The molecule has 0 atom stereocenters. The van der Waals surface area contributed by atoms with Gasteiger partial charge in [-0.15, -0.1) is 0 Å². The van der Waals surface area contributed by atoms with E-state index in [1.165, 1.54) is 22.3 Å². The third-order valence-corrected chi connectivity index (χ3v) is 12.0. The van der Waals surface area contributed by atoms with E-state index in [0.29, 0.717) is 5.82 Å². The standard InChI is InChI=1S/C58H36N4/c1-4-12-37(13-5-1)38-20-22-39(23-21-38)53-36-54(62-58(61-53)42-16-8-3-9-17-42)46-27-25-44-32-47-34-45(26-24-43(47)33-48(44)35-46)51-31-29-41-28-30-50-55(40-14-6-2-7-15-40)49-18-10-11-19-52(49)60-57(50)56(41)59-51/h1-36H. The van der Waals surface area contributed by atoms with Crippen LogP contribution >= 0.6 is 0 Å². The van der Waals surface area contributed by atoms with Crippen molar-refractivity contribution < 1.29 is 0 Å². The van der Waals surface area contributed by atoms with Crippen molar-refractivity contribution in [3.05, 3.63) is 218 Å². The fraction of sp³-hybridized carbons (Fsp3) is 0. The SMILES string of the molecule is c1ccc(-c2ccc(-c3cc(-c4ccc5cc6cc(-c7ccc8ccc9c(-c%10ccccc%10)c%10ccccc%10nc9c8n7)ccc6cc5c4)nc(-c4ccccc4)n3)cc2)cc1. The van der Waals surface area contributed by atoms with E-state index in [0.717, 1.165) is 93.6 Å². The Balaban J connectivity index is 0.927. The third-order valence-electron chi connectivity index (χ3n) is 12.0. The summed E-state index contributed by atoms with van der Waals surface area (Å²) in [6, 6.07) is 76.9. The number of hydrogen-bond donors (Lipinski definition) is 0. The molecule has 288 valence electrons. The summed E-state index contributed by atoms with van der Waals surface area (Å²) in [4.78, 5) is 20.8. The van der Waals surface area contributed by atoms with E-state index < -0.39 is 0 Å². The summed E-state index contributed by atoms with van der Waals surface area (Å²) in [5.74, 6) is 0.701. The van der Waals surface area contributed by atoms with Crippen LogP contribution in [-0.4, -0.2) is 19.9 Å². The van der Waals surface area contributed by atoms with Crippen LogP contribution in [0.25, 0.3) is 122 Å². The molecule has 9 aromatic carbocycles. The van der Waals surface area contributed by atoms with Crippen LogP contribution in [0.4, 0.5) is 0 Å². The monoisotopic (exact) mass is 788 g/mol. The minimum absolute atomic E-state index is 0.701. The highest BCUT2D eigenvalue weighted by Crippen LogP contribution is 2.38. The van der Waals surface area contributed by atoms with E-state index in [-0.39, 0.29) is 0 Å². The first-order valence-electron chi connectivity index (χ1n) is 20.9. The maximum atomic E-state index is 5.33. The molecule has 0 amide bonds. The van der Waals surface area contributed by atoms with E-state index in [1.54, 1.807) is 0 Å². The molecule has 12 aromatic rings. The highest BCUT2D eigenvalue weighted by Gasteiger charge is 2.16. The zero-order chi connectivity index (χ0) is 41.0. The summed E-state index contributed by atoms with van der Waals surface area (Å²) in [6.07, 6.45) is 0. The molecule has 0 saturated heterocycles. The summed E-state index contributed by atoms with van der Waals surface area (Å²) in [5, 5.41) is 7.94. The van der Waals surface area contributed by atoms with Gasteiger partial charge in [-0.3, -0.25) is 0 Å². The van der Waals surface area contributed by atoms with Gasteiger partial charge in [0.2, 0.25) is 0 Å². The number of fused-ring (bicyclic) bond motifs is 6. The first-order chi connectivity index (χ1) is 30.7. The second-order valence-electron chi connectivity index (χ2n) is 15.8. The second-order valence-corrected chi connectivity index (χ2v) is 15.8. The normalized spacial score (nSPS) is 11.5. The Labute approximate surface area is 358 Å². The van der Waals surface area contributed by atoms with Gasteiger partial charge in [0.15, 0.2) is 5.82 Å². The minimum Gasteiger partial charge on any atom is -0.245 e. The first kappa shape index (κ1) is 35.6. The maximum Gasteiger partial charge on any atom is 0.160 e. The largest absolute Gasteiger partial charge is 0.245 e. The fourth-order valence-electron chi connectivity index (χ4n) is 8.85. The molecule has 0 radical (unpaired) electrons. The topological polar surface area (TPSA) is 51.6 Å². The molecule has 0 aliphatic rings. The number of hydrogen-bond acceptors (Lipinski definition) is 4. The summed E-state index contributed by atoms with van der Waals surface area (Å²) < 4.78 is 0. The van der Waals surface area contributed by atoms with Gasteiger partial charge in [0, 0.05) is 44.0 Å². The van der Waals surface area contributed by atoms with Gasteiger partial charge in [-0.05, 0) is 80.7 Å². The summed E-state index contributed by atoms with van der Waals surface area (Å²) in [6.45, 7) is 0. The molecule has 0 N–H and O–H groups in total. The Morgan fingerprint density at radius 2 is 0.758 bits per heavy atom. The van der Waals surface area contributed by atoms with E-state index in [2.05, 4.69) is 194 Å². The Hall–Kier alpha value is -8.34. The lowest BCUT2D eigenvalue weighted by atomic mass is 9.95. The number of aromatic nitrogens is 4. The second kappa shape index (κ2) is 14.7. The van der Waals surface area contributed by atoms with Crippen LogP contribution in [0.5, 0.6) is 0 Å². The average Bonchev–Trinajstić information content (AvgIpc) is 3.35. The van der Waals surface area contributed by atoms with Crippen molar-refractivity contribution in [3.63, 3.8) is 0 Å². The van der Waals surface area contributed by atoms with Gasteiger partial charge in [0.1, 0.15) is 0 Å². The smallest absolute Gasteiger partial charge is 0.160 e. The number of para-hydroxylation sites is 1. The summed E-state index contributed by atoms with van der Waals surface area (Å²) in [5.41, 5.74) is 14.3. The van der Waals surface area contributed by atoms with Crippen LogP contribution in [-0.2, 0) is 0 Å². The van der Waals surface area contributed by atoms with Crippen LogP contribution in [0.3, 0.4) is 0 Å². The molecular formula is C58H36N4. The zero-order valence-corrected chi connectivity index (χ0v) is 33.6. The maximum absolute atomic E-state index is 5.33. The van der Waals surface area contributed by atoms with E-state index in [1.807, 2.05) is 24.3 Å². The van der Waals surface area contributed by atoms with E-state index >= 15 is 0 Å². The van der Waals surface area contributed by atoms with Gasteiger partial charge >= 0.3 is 0 Å². The van der Waals surface area contributed by atoms with Crippen LogP contribution in [0.1, 0.15) is 0 Å². The highest BCUT2D eigenvalue weighted by molar-refractivity contribution is 6.16. The highest BCUT2D eigenvalue weighted by atomic mass is 14.9. The molecule has 0 aliphatic heterocycles. The van der Waals surface area contributed by atoms with Crippen LogP contribution in [0.2, 0.25) is 0 Å². The van der Waals surface area contributed by atoms with Crippen molar-refractivity contribution in [2.24, 2.45) is 0 Å². The predicted octanol–water partition coefficient (Wildman–Crippen LogP) is 15.0. The number of benzene rings is 9. The molecule has 0 bridgehead atoms. The summed E-state index contributed by atoms with van der Waals surface area (Å²) >= 11 is 0. The predicted molar refractivity (Wildman–Crippen MR) is 258 cm³/mol. The molecular weight excluding hydrogens is 753 g/mol. The van der Waals surface area contributed by atoms with Gasteiger partial charge in [-0.2, -0.15) is 0 Å². The first-order valence-corrected chi connectivity index (χ1v) is 20.9. The third kappa shape index (κ3) is 6.34. The summed E-state index contributed by atoms with van der Waals surface area (Å²) in [7, 11) is 0. The molecule has 3 heterocycles. The Morgan fingerprint density at radius 3 is 1.45 bits per heavy atom. The molecule has 4 heteroatoms. The molecule has 3 aromatic heterocycles. The van der Waals surface area contributed by atoms with Gasteiger partial charge in [0.05, 0.1) is 33.6 Å². The molecule has 0 unspecified atom stereocenters. The molecule has 4 nitrogen and oxygen atoms in total. The van der Waals surface area contributed by atoms with Gasteiger partial charge in [-0.1, -0.05) is 176 Å². The molecule has 12 rings (SSSR count). The van der Waals surface area contributed by atoms with Crippen molar-refractivity contribution in [2.45, 2.75) is 0 Å². The fourth-order valence-corrected chi connectivity index (χ4v) is 8.85. The average molecular weight is 789 g/mol. The molecule has 0 aliphatic carbocycles. The van der Waals surface area contributed by atoms with Crippen molar-refractivity contribution >= 4 is 54.3 Å². The minimum atomic E-state index is 0.701. The van der Waals surface area contributed by atoms with Crippen molar-refractivity contribution in [2.75, 3.05) is 0 Å². The Kier molecular flexibility index (Phi) is 8.46. The van der Waals surface area contributed by atoms with Crippen LogP contribution < -0.4 is 0 Å². The Bertz CT molecular complexity index is 3660. The van der Waals surface area contributed by atoms with E-state index in [4.69, 9.17) is 19.9 Å². The molecule has 0 saturated carbocycles. The van der Waals surface area contributed by atoms with Gasteiger partial charge in [-0.25, -0.2) is 19.9 Å². The quantitative estimate of drug-likeness (QED) is 0.124. The lowest BCUT2D eigenvalue weighted by molar-refractivity contribution is 1.18. The van der Waals surface area contributed by atoms with Crippen LogP contribution in [0.15, 0.2) is 218 Å². The van der Waals surface area contributed by atoms with Crippen molar-refractivity contribution in [1.82, 2.24) is 19.9 Å². The number of nitrogens with zero attached hydrogens (tertiary/aromatic N) is 4. The van der Waals surface area contributed by atoms with Crippen molar-refractivity contribution in [3.8, 4) is 67.4 Å². The van der Waals surface area contributed by atoms with Gasteiger partial charge < -0.3 is 0 Å².